The Labute approximate surface area is 119 Å². The zero-order chi connectivity index (χ0) is 14.4. The summed E-state index contributed by atoms with van der Waals surface area (Å²) in [6, 6.07) is 5.71. The van der Waals surface area contributed by atoms with Crippen molar-refractivity contribution in [2.75, 3.05) is 0 Å². The predicted octanol–water partition coefficient (Wildman–Crippen LogP) is 4.04. The maximum atomic E-state index is 10.1. The second kappa shape index (κ2) is 4.55. The summed E-state index contributed by atoms with van der Waals surface area (Å²) in [7, 11) is 0. The number of fused-ring (bicyclic) bond motifs is 3. The number of benzene rings is 2. The van der Waals surface area contributed by atoms with Crippen molar-refractivity contribution in [1.29, 1.82) is 0 Å². The highest BCUT2D eigenvalue weighted by Crippen LogP contribution is 2.43. The quantitative estimate of drug-likeness (QED) is 0.819. The molecule has 2 N–H and O–H groups in total. The van der Waals surface area contributed by atoms with Crippen molar-refractivity contribution in [1.82, 2.24) is 0 Å². The normalized spacial score (nSPS) is 12.9. The average Bonchev–Trinajstić information content (AvgIpc) is 2.44. The van der Waals surface area contributed by atoms with Crippen molar-refractivity contribution in [3.05, 3.63) is 46.0 Å². The van der Waals surface area contributed by atoms with Gasteiger partial charge in [-0.3, -0.25) is 0 Å². The van der Waals surface area contributed by atoms with Gasteiger partial charge < -0.3 is 10.2 Å². The third kappa shape index (κ3) is 1.71. The lowest BCUT2D eigenvalue weighted by Gasteiger charge is -2.26. The van der Waals surface area contributed by atoms with Crippen LogP contribution in [0.5, 0.6) is 11.5 Å². The van der Waals surface area contributed by atoms with Gasteiger partial charge in [-0.25, -0.2) is 0 Å². The molecule has 2 aromatic carbocycles. The molecule has 0 saturated carbocycles. The largest absolute Gasteiger partial charge is 0.508 e. The van der Waals surface area contributed by atoms with E-state index in [1.54, 1.807) is 6.07 Å². The molecule has 2 aromatic rings. The zero-order valence-corrected chi connectivity index (χ0v) is 12.2. The van der Waals surface area contributed by atoms with E-state index in [2.05, 4.69) is 6.92 Å². The van der Waals surface area contributed by atoms with Gasteiger partial charge >= 0.3 is 0 Å². The number of phenols is 2. The molecular weight excluding hydrogens is 248 g/mol. The fourth-order valence-electron chi connectivity index (χ4n) is 3.42. The van der Waals surface area contributed by atoms with Crippen LogP contribution in [-0.2, 0) is 19.3 Å². The van der Waals surface area contributed by atoms with Crippen LogP contribution in [0.3, 0.4) is 0 Å². The maximum absolute atomic E-state index is 10.1. The first-order chi connectivity index (χ1) is 9.54. The van der Waals surface area contributed by atoms with Gasteiger partial charge in [0.2, 0.25) is 0 Å². The van der Waals surface area contributed by atoms with Crippen molar-refractivity contribution in [2.45, 2.75) is 40.0 Å². The molecule has 0 atom stereocenters. The topological polar surface area (TPSA) is 40.5 Å². The second-order valence-corrected chi connectivity index (χ2v) is 5.62. The number of aromatic hydroxyl groups is 2. The molecule has 0 aliphatic heterocycles. The summed E-state index contributed by atoms with van der Waals surface area (Å²) in [5.41, 5.74) is 8.16. The predicted molar refractivity (Wildman–Crippen MR) is 81.5 cm³/mol. The molecule has 0 spiro atoms. The molecule has 0 bridgehead atoms. The first-order valence-corrected chi connectivity index (χ1v) is 7.20. The summed E-state index contributed by atoms with van der Waals surface area (Å²) in [4.78, 5) is 0. The molecular formula is C18H20O2. The van der Waals surface area contributed by atoms with Crippen LogP contribution >= 0.6 is 0 Å². The minimum Gasteiger partial charge on any atom is -0.508 e. The molecule has 0 saturated heterocycles. The molecule has 2 nitrogen and oxygen atoms in total. The van der Waals surface area contributed by atoms with Crippen LogP contribution in [0, 0.1) is 13.8 Å². The fraction of sp³-hybridized carbons (Fsp3) is 0.333. The summed E-state index contributed by atoms with van der Waals surface area (Å²) < 4.78 is 0. The number of aryl methyl sites for hydroxylation is 1. The molecule has 3 rings (SSSR count). The summed E-state index contributed by atoms with van der Waals surface area (Å²) >= 11 is 0. The van der Waals surface area contributed by atoms with E-state index in [-0.39, 0.29) is 0 Å². The molecule has 0 amide bonds. The van der Waals surface area contributed by atoms with E-state index in [0.29, 0.717) is 11.5 Å². The SMILES string of the molecule is CCc1c(C)c(O)cc2c1-c1ccc(O)c(C)c1CC2. The highest BCUT2D eigenvalue weighted by Gasteiger charge is 2.23. The first kappa shape index (κ1) is 13.0. The summed E-state index contributed by atoms with van der Waals surface area (Å²) in [6.07, 6.45) is 2.75. The molecule has 0 radical (unpaired) electrons. The lowest BCUT2D eigenvalue weighted by atomic mass is 9.79. The Morgan fingerprint density at radius 3 is 2.45 bits per heavy atom. The van der Waals surface area contributed by atoms with Crippen molar-refractivity contribution in [2.24, 2.45) is 0 Å². The van der Waals surface area contributed by atoms with Gasteiger partial charge in [-0.15, -0.1) is 0 Å². The van der Waals surface area contributed by atoms with Crippen molar-refractivity contribution >= 4 is 0 Å². The van der Waals surface area contributed by atoms with Crippen LogP contribution in [0.2, 0.25) is 0 Å². The van der Waals surface area contributed by atoms with Gasteiger partial charge in [-0.05, 0) is 84.2 Å². The van der Waals surface area contributed by atoms with Gasteiger partial charge in [0.1, 0.15) is 11.5 Å². The molecule has 0 fully saturated rings. The minimum absolute atomic E-state index is 0.376. The van der Waals surface area contributed by atoms with Crippen molar-refractivity contribution in [3.8, 4) is 22.6 Å². The minimum atomic E-state index is 0.376. The van der Waals surface area contributed by atoms with Gasteiger partial charge in [0, 0.05) is 0 Å². The summed E-state index contributed by atoms with van der Waals surface area (Å²) in [6.45, 7) is 6.09. The van der Waals surface area contributed by atoms with E-state index in [1.165, 1.54) is 27.8 Å². The van der Waals surface area contributed by atoms with Crippen molar-refractivity contribution < 1.29 is 10.2 Å². The van der Waals surface area contributed by atoms with E-state index in [0.717, 1.165) is 30.4 Å². The van der Waals surface area contributed by atoms with E-state index < -0.39 is 0 Å². The second-order valence-electron chi connectivity index (χ2n) is 5.62. The zero-order valence-electron chi connectivity index (χ0n) is 12.2. The molecule has 0 aromatic heterocycles. The fourth-order valence-corrected chi connectivity index (χ4v) is 3.42. The third-order valence-electron chi connectivity index (χ3n) is 4.61. The highest BCUT2D eigenvalue weighted by molar-refractivity contribution is 5.80. The first-order valence-electron chi connectivity index (χ1n) is 7.20. The molecule has 1 aliphatic carbocycles. The maximum Gasteiger partial charge on any atom is 0.119 e. The third-order valence-corrected chi connectivity index (χ3v) is 4.61. The van der Waals surface area contributed by atoms with Gasteiger partial charge in [0.25, 0.3) is 0 Å². The van der Waals surface area contributed by atoms with Crippen LogP contribution in [0.1, 0.15) is 34.7 Å². The number of hydrogen-bond donors (Lipinski definition) is 2. The molecule has 104 valence electrons. The van der Waals surface area contributed by atoms with E-state index >= 15 is 0 Å². The highest BCUT2D eigenvalue weighted by atomic mass is 16.3. The smallest absolute Gasteiger partial charge is 0.119 e. The monoisotopic (exact) mass is 268 g/mol. The Morgan fingerprint density at radius 2 is 1.75 bits per heavy atom. The van der Waals surface area contributed by atoms with E-state index in [4.69, 9.17) is 0 Å². The number of hydrogen-bond acceptors (Lipinski definition) is 2. The standard InChI is InChI=1S/C18H20O2/c1-4-13-10(2)17(20)9-12-5-6-14-11(3)16(19)8-7-15(14)18(12)13/h7-9,19-20H,4-6H2,1-3H3. The Kier molecular flexibility index (Phi) is 2.97. The molecule has 2 heteroatoms. The molecule has 20 heavy (non-hydrogen) atoms. The molecule has 1 aliphatic rings. The van der Waals surface area contributed by atoms with Gasteiger partial charge in [0.15, 0.2) is 0 Å². The lowest BCUT2D eigenvalue weighted by molar-refractivity contribution is 0.468. The lowest BCUT2D eigenvalue weighted by Crippen LogP contribution is -2.09. The Morgan fingerprint density at radius 1 is 1.00 bits per heavy atom. The van der Waals surface area contributed by atoms with Crippen LogP contribution < -0.4 is 0 Å². The van der Waals surface area contributed by atoms with Crippen LogP contribution in [0.15, 0.2) is 18.2 Å². The van der Waals surface area contributed by atoms with Gasteiger partial charge in [-0.1, -0.05) is 13.0 Å². The van der Waals surface area contributed by atoms with E-state index in [1.807, 2.05) is 26.0 Å². The van der Waals surface area contributed by atoms with Crippen LogP contribution in [0.4, 0.5) is 0 Å². The summed E-state index contributed by atoms with van der Waals surface area (Å²) in [5, 5.41) is 20.0. The number of phenolic OH excluding ortho intramolecular Hbond substituents is 2. The van der Waals surface area contributed by atoms with Gasteiger partial charge in [0.05, 0.1) is 0 Å². The summed E-state index contributed by atoms with van der Waals surface area (Å²) in [5.74, 6) is 0.778. The molecule has 0 heterocycles. The van der Waals surface area contributed by atoms with Crippen LogP contribution in [-0.4, -0.2) is 10.2 Å². The molecule has 0 unspecified atom stereocenters. The Bertz CT molecular complexity index is 699. The average molecular weight is 268 g/mol. The number of rotatable bonds is 1. The van der Waals surface area contributed by atoms with Crippen LogP contribution in [0.25, 0.3) is 11.1 Å². The van der Waals surface area contributed by atoms with E-state index in [9.17, 15) is 10.2 Å². The van der Waals surface area contributed by atoms with Crippen molar-refractivity contribution in [3.63, 3.8) is 0 Å². The Balaban J connectivity index is 2.36. The van der Waals surface area contributed by atoms with Gasteiger partial charge in [-0.2, -0.15) is 0 Å². The Hall–Kier alpha value is -1.96.